The van der Waals surface area contributed by atoms with Gasteiger partial charge in [0.25, 0.3) is 0 Å². The molecule has 19 heavy (non-hydrogen) atoms. The summed E-state index contributed by atoms with van der Waals surface area (Å²) >= 11 is 0. The molecule has 0 saturated heterocycles. The largest absolute Gasteiger partial charge is 0.478 e. The van der Waals surface area contributed by atoms with E-state index in [1.54, 1.807) is 18.5 Å². The second-order valence-corrected chi connectivity index (χ2v) is 4.11. The number of carboxylic acid groups (broad SMARTS) is 1. The van der Waals surface area contributed by atoms with Crippen molar-refractivity contribution in [3.05, 3.63) is 47.5 Å². The molecule has 1 aromatic heterocycles. The van der Waals surface area contributed by atoms with E-state index in [2.05, 4.69) is 15.3 Å². The summed E-state index contributed by atoms with van der Waals surface area (Å²) < 4.78 is 0. The molecule has 0 aliphatic carbocycles. The van der Waals surface area contributed by atoms with E-state index in [1.807, 2.05) is 6.92 Å². The summed E-state index contributed by atoms with van der Waals surface area (Å²) in [7, 11) is 0. The van der Waals surface area contributed by atoms with Crippen LogP contribution in [0.25, 0.3) is 0 Å². The number of nitrogens with one attached hydrogen (secondary N) is 1. The zero-order valence-electron chi connectivity index (χ0n) is 10.4. The average molecular weight is 258 g/mol. The van der Waals surface area contributed by atoms with E-state index in [0.29, 0.717) is 17.9 Å². The number of carboxylic acids is 1. The summed E-state index contributed by atoms with van der Waals surface area (Å²) in [5.41, 5.74) is 8.63. The highest BCUT2D eigenvalue weighted by atomic mass is 16.4. The minimum absolute atomic E-state index is 0.187. The fourth-order valence-corrected chi connectivity index (χ4v) is 1.54. The number of anilines is 2. The fourth-order valence-electron chi connectivity index (χ4n) is 1.54. The Kier molecular flexibility index (Phi) is 3.61. The maximum absolute atomic E-state index is 10.9. The molecule has 6 nitrogen and oxygen atoms in total. The van der Waals surface area contributed by atoms with Crippen LogP contribution in [0, 0.1) is 6.92 Å². The molecule has 0 saturated carbocycles. The summed E-state index contributed by atoms with van der Waals surface area (Å²) in [6, 6.07) is 4.53. The molecule has 0 radical (unpaired) electrons. The van der Waals surface area contributed by atoms with Crippen LogP contribution in [0.2, 0.25) is 0 Å². The van der Waals surface area contributed by atoms with Crippen molar-refractivity contribution in [3.63, 3.8) is 0 Å². The molecule has 0 fully saturated rings. The van der Waals surface area contributed by atoms with Gasteiger partial charge in [0.1, 0.15) is 0 Å². The Morgan fingerprint density at radius 2 is 2.16 bits per heavy atom. The molecule has 1 heterocycles. The summed E-state index contributed by atoms with van der Waals surface area (Å²) in [6.45, 7) is 2.29. The van der Waals surface area contributed by atoms with E-state index in [0.717, 1.165) is 11.4 Å². The topological polar surface area (TPSA) is 101 Å². The van der Waals surface area contributed by atoms with Gasteiger partial charge in [-0.05, 0) is 25.1 Å². The standard InChI is InChI=1S/C13H14N4O2/c1-8-5-16-10(6-15-8)7-17-12-4-9(13(18)19)2-3-11(12)14/h2-6,17H,7,14H2,1H3,(H,18,19). The van der Waals surface area contributed by atoms with Crippen LogP contribution in [-0.2, 0) is 6.54 Å². The highest BCUT2D eigenvalue weighted by Gasteiger charge is 2.06. The molecule has 1 aromatic carbocycles. The van der Waals surface area contributed by atoms with Crippen LogP contribution in [0.4, 0.5) is 11.4 Å². The molecular formula is C13H14N4O2. The Morgan fingerprint density at radius 3 is 2.79 bits per heavy atom. The van der Waals surface area contributed by atoms with Crippen molar-refractivity contribution in [2.75, 3.05) is 11.1 Å². The molecule has 4 N–H and O–H groups in total. The first kappa shape index (κ1) is 12.8. The van der Waals surface area contributed by atoms with Gasteiger partial charge >= 0.3 is 5.97 Å². The first-order valence-corrected chi connectivity index (χ1v) is 5.70. The summed E-state index contributed by atoms with van der Waals surface area (Å²) in [5.74, 6) is -0.988. The summed E-state index contributed by atoms with van der Waals surface area (Å²) in [4.78, 5) is 19.2. The number of benzene rings is 1. The van der Waals surface area contributed by atoms with Crippen molar-refractivity contribution in [1.82, 2.24) is 9.97 Å². The quantitative estimate of drug-likeness (QED) is 0.721. The van der Waals surface area contributed by atoms with E-state index in [9.17, 15) is 4.79 Å². The molecule has 0 amide bonds. The predicted octanol–water partition coefficient (Wildman–Crippen LogP) is 1.68. The molecule has 0 atom stereocenters. The van der Waals surface area contributed by atoms with Crippen LogP contribution in [0.1, 0.15) is 21.7 Å². The SMILES string of the molecule is Cc1cnc(CNc2cc(C(=O)O)ccc2N)cn1. The van der Waals surface area contributed by atoms with Gasteiger partial charge in [0.05, 0.1) is 41.1 Å². The van der Waals surface area contributed by atoms with Crippen molar-refractivity contribution < 1.29 is 9.90 Å². The molecule has 0 aliphatic rings. The lowest BCUT2D eigenvalue weighted by Gasteiger charge is -2.09. The molecule has 0 bridgehead atoms. The van der Waals surface area contributed by atoms with E-state index in [4.69, 9.17) is 10.8 Å². The minimum Gasteiger partial charge on any atom is -0.478 e. The Balaban J connectivity index is 2.12. The van der Waals surface area contributed by atoms with Crippen molar-refractivity contribution >= 4 is 17.3 Å². The maximum atomic E-state index is 10.9. The second kappa shape index (κ2) is 5.34. The van der Waals surface area contributed by atoms with Crippen LogP contribution in [0.5, 0.6) is 0 Å². The lowest BCUT2D eigenvalue weighted by molar-refractivity contribution is 0.0697. The molecular weight excluding hydrogens is 244 g/mol. The third kappa shape index (κ3) is 3.19. The first-order valence-electron chi connectivity index (χ1n) is 5.70. The van der Waals surface area contributed by atoms with Gasteiger partial charge < -0.3 is 16.2 Å². The molecule has 2 aromatic rings. The number of nitrogen functional groups attached to an aromatic ring is 1. The third-order valence-corrected chi connectivity index (χ3v) is 2.59. The Labute approximate surface area is 110 Å². The summed E-state index contributed by atoms with van der Waals surface area (Å²) in [5, 5.41) is 12.0. The molecule has 0 aliphatic heterocycles. The van der Waals surface area contributed by atoms with Crippen molar-refractivity contribution in [2.45, 2.75) is 13.5 Å². The lowest BCUT2D eigenvalue weighted by Crippen LogP contribution is -2.06. The molecule has 98 valence electrons. The van der Waals surface area contributed by atoms with Crippen LogP contribution >= 0.6 is 0 Å². The number of rotatable bonds is 4. The summed E-state index contributed by atoms with van der Waals surface area (Å²) in [6.07, 6.45) is 3.34. The van der Waals surface area contributed by atoms with E-state index < -0.39 is 5.97 Å². The van der Waals surface area contributed by atoms with Gasteiger partial charge in [-0.1, -0.05) is 0 Å². The number of aromatic carboxylic acids is 1. The number of aryl methyl sites for hydroxylation is 1. The van der Waals surface area contributed by atoms with Gasteiger partial charge in [0.2, 0.25) is 0 Å². The number of hydrogen-bond acceptors (Lipinski definition) is 5. The maximum Gasteiger partial charge on any atom is 0.335 e. The zero-order chi connectivity index (χ0) is 13.8. The highest BCUT2D eigenvalue weighted by molar-refractivity contribution is 5.90. The van der Waals surface area contributed by atoms with Crippen molar-refractivity contribution in [1.29, 1.82) is 0 Å². The average Bonchev–Trinajstić information content (AvgIpc) is 2.39. The number of carbonyl (C=O) groups is 1. The van der Waals surface area contributed by atoms with Crippen LogP contribution in [0.15, 0.2) is 30.6 Å². The van der Waals surface area contributed by atoms with Crippen LogP contribution in [-0.4, -0.2) is 21.0 Å². The van der Waals surface area contributed by atoms with Gasteiger partial charge in [0.15, 0.2) is 0 Å². The second-order valence-electron chi connectivity index (χ2n) is 4.11. The van der Waals surface area contributed by atoms with Gasteiger partial charge in [-0.2, -0.15) is 0 Å². The highest BCUT2D eigenvalue weighted by Crippen LogP contribution is 2.20. The van der Waals surface area contributed by atoms with Gasteiger partial charge in [0, 0.05) is 6.20 Å². The molecule has 0 spiro atoms. The predicted molar refractivity (Wildman–Crippen MR) is 71.9 cm³/mol. The number of hydrogen-bond donors (Lipinski definition) is 3. The Morgan fingerprint density at radius 1 is 1.37 bits per heavy atom. The third-order valence-electron chi connectivity index (χ3n) is 2.59. The Hall–Kier alpha value is -2.63. The molecule has 0 unspecified atom stereocenters. The van der Waals surface area contributed by atoms with Gasteiger partial charge in [-0.25, -0.2) is 4.79 Å². The number of aromatic nitrogens is 2. The van der Waals surface area contributed by atoms with E-state index >= 15 is 0 Å². The normalized spacial score (nSPS) is 10.2. The van der Waals surface area contributed by atoms with Crippen LogP contribution in [0.3, 0.4) is 0 Å². The zero-order valence-corrected chi connectivity index (χ0v) is 10.4. The fraction of sp³-hybridized carbons (Fsp3) is 0.154. The van der Waals surface area contributed by atoms with E-state index in [1.165, 1.54) is 12.1 Å². The number of nitrogens with zero attached hydrogens (tertiary/aromatic N) is 2. The van der Waals surface area contributed by atoms with Gasteiger partial charge in [-0.15, -0.1) is 0 Å². The van der Waals surface area contributed by atoms with Crippen molar-refractivity contribution in [2.24, 2.45) is 0 Å². The molecule has 6 heteroatoms. The van der Waals surface area contributed by atoms with Crippen LogP contribution < -0.4 is 11.1 Å². The molecule has 2 rings (SSSR count). The number of nitrogens with two attached hydrogens (primary N) is 1. The lowest BCUT2D eigenvalue weighted by atomic mass is 10.1. The van der Waals surface area contributed by atoms with E-state index in [-0.39, 0.29) is 5.56 Å². The Bertz CT molecular complexity index is 596. The smallest absolute Gasteiger partial charge is 0.335 e. The van der Waals surface area contributed by atoms with Gasteiger partial charge in [-0.3, -0.25) is 9.97 Å². The first-order chi connectivity index (χ1) is 9.06. The van der Waals surface area contributed by atoms with Crippen molar-refractivity contribution in [3.8, 4) is 0 Å². The minimum atomic E-state index is -0.988. The monoisotopic (exact) mass is 258 g/mol.